The van der Waals surface area contributed by atoms with Crippen LogP contribution in [0.1, 0.15) is 29.2 Å². The lowest BCUT2D eigenvalue weighted by atomic mass is 9.89. The highest BCUT2D eigenvalue weighted by Crippen LogP contribution is 2.39. The van der Waals surface area contributed by atoms with Crippen LogP contribution in [0, 0.1) is 13.8 Å². The molecular formula is C25H27N3O6. The number of aryl methyl sites for hydroxylation is 2. The summed E-state index contributed by atoms with van der Waals surface area (Å²) in [5, 5.41) is 24.5. The first-order valence-corrected chi connectivity index (χ1v) is 10.6. The summed E-state index contributed by atoms with van der Waals surface area (Å²) in [6, 6.07) is 10.7. The molecular weight excluding hydrogens is 438 g/mol. The van der Waals surface area contributed by atoms with Gasteiger partial charge in [-0.15, -0.1) is 0 Å². The molecule has 34 heavy (non-hydrogen) atoms. The number of hydrogen-bond donors (Lipinski definition) is 4. The molecule has 2 amide bonds. The van der Waals surface area contributed by atoms with Crippen molar-refractivity contribution < 1.29 is 24.5 Å². The van der Waals surface area contributed by atoms with E-state index in [-0.39, 0.29) is 5.69 Å². The van der Waals surface area contributed by atoms with Gasteiger partial charge in [0.15, 0.2) is 5.69 Å². The number of ether oxygens (including phenoxy) is 1. The summed E-state index contributed by atoms with van der Waals surface area (Å²) in [6.07, 6.45) is 0.967. The predicted molar refractivity (Wildman–Crippen MR) is 128 cm³/mol. The zero-order valence-electron chi connectivity index (χ0n) is 19.4. The molecule has 1 aromatic heterocycles. The molecule has 0 saturated carbocycles. The van der Waals surface area contributed by atoms with Crippen molar-refractivity contribution in [1.82, 2.24) is 9.88 Å². The summed E-state index contributed by atoms with van der Waals surface area (Å²) < 4.78 is 6.77. The van der Waals surface area contributed by atoms with E-state index in [2.05, 4.69) is 10.6 Å². The largest absolute Gasteiger partial charge is 0.505 e. The van der Waals surface area contributed by atoms with Crippen LogP contribution in [0.3, 0.4) is 0 Å². The van der Waals surface area contributed by atoms with E-state index in [0.717, 1.165) is 22.3 Å². The Morgan fingerprint density at radius 1 is 1.12 bits per heavy atom. The number of anilines is 1. The van der Waals surface area contributed by atoms with Crippen molar-refractivity contribution in [3.05, 3.63) is 75.7 Å². The highest BCUT2D eigenvalue weighted by molar-refractivity contribution is 5.91. The Morgan fingerprint density at radius 3 is 2.47 bits per heavy atom. The van der Waals surface area contributed by atoms with E-state index < -0.39 is 35.8 Å². The summed E-state index contributed by atoms with van der Waals surface area (Å²) in [6.45, 7) is 3.81. The monoisotopic (exact) mass is 465 g/mol. The number of carboxylic acid groups (broad SMARTS) is 1. The van der Waals surface area contributed by atoms with E-state index in [4.69, 9.17) is 4.74 Å². The number of hydrogen-bond acceptors (Lipinski definition) is 5. The molecule has 0 unspecified atom stereocenters. The maximum absolute atomic E-state index is 12.7. The predicted octanol–water partition coefficient (Wildman–Crippen LogP) is 3.72. The lowest BCUT2D eigenvalue weighted by Crippen LogP contribution is -2.36. The van der Waals surface area contributed by atoms with Crippen molar-refractivity contribution >= 4 is 17.7 Å². The Bertz CT molecular complexity index is 1300. The normalized spacial score (nSPS) is 11.5. The van der Waals surface area contributed by atoms with E-state index in [1.807, 2.05) is 38.1 Å². The Labute approximate surface area is 196 Å². The van der Waals surface area contributed by atoms with Gasteiger partial charge in [-0.05, 0) is 48.2 Å². The summed E-state index contributed by atoms with van der Waals surface area (Å²) in [5.74, 6) is -0.890. The number of carbonyl (C=O) groups is 2. The van der Waals surface area contributed by atoms with Crippen LogP contribution < -0.4 is 20.9 Å². The third-order valence-corrected chi connectivity index (χ3v) is 5.65. The standard InChI is InChI=1S/C25H27N3O6/c1-14-7-5-6-8-16(14)22-15(2)17(9-10-20(22)34-4)18(13-21(30)31)26-25(33)27-23-19(29)11-12-28(3)24(23)32/h5-12,18,29H,13H2,1-4H3,(H,30,31)(H2,26,27,33)/t18-/m0/s1. The van der Waals surface area contributed by atoms with Gasteiger partial charge in [0.2, 0.25) is 0 Å². The van der Waals surface area contributed by atoms with Crippen LogP contribution in [0.2, 0.25) is 0 Å². The number of benzene rings is 2. The van der Waals surface area contributed by atoms with Crippen molar-refractivity contribution in [2.45, 2.75) is 26.3 Å². The Balaban J connectivity index is 2.02. The number of carbonyl (C=O) groups excluding carboxylic acids is 1. The molecule has 0 aliphatic carbocycles. The van der Waals surface area contributed by atoms with Gasteiger partial charge in [-0.3, -0.25) is 9.59 Å². The fourth-order valence-electron chi connectivity index (χ4n) is 3.90. The van der Waals surface area contributed by atoms with Crippen LogP contribution in [0.4, 0.5) is 10.5 Å². The molecule has 0 aliphatic rings. The van der Waals surface area contributed by atoms with Gasteiger partial charge in [0.1, 0.15) is 11.5 Å². The van der Waals surface area contributed by atoms with Gasteiger partial charge < -0.3 is 30.2 Å². The molecule has 3 rings (SSSR count). The molecule has 0 saturated heterocycles. The molecule has 0 aliphatic heterocycles. The first-order valence-electron chi connectivity index (χ1n) is 10.6. The molecule has 0 fully saturated rings. The Morgan fingerprint density at radius 2 is 1.82 bits per heavy atom. The maximum atomic E-state index is 12.7. The fourth-order valence-corrected chi connectivity index (χ4v) is 3.90. The Hall–Kier alpha value is -4.27. The van der Waals surface area contributed by atoms with Crippen LogP contribution in [-0.4, -0.2) is 33.9 Å². The molecule has 1 atom stereocenters. The number of nitrogens with one attached hydrogen (secondary N) is 2. The highest BCUT2D eigenvalue weighted by Gasteiger charge is 2.24. The van der Waals surface area contributed by atoms with Crippen LogP contribution in [0.25, 0.3) is 11.1 Å². The van der Waals surface area contributed by atoms with Gasteiger partial charge in [-0.25, -0.2) is 4.79 Å². The maximum Gasteiger partial charge on any atom is 0.319 e. The summed E-state index contributed by atoms with van der Waals surface area (Å²) in [5.41, 5.74) is 3.16. The number of methoxy groups -OCH3 is 1. The topological polar surface area (TPSA) is 130 Å². The minimum Gasteiger partial charge on any atom is -0.505 e. The van der Waals surface area contributed by atoms with Gasteiger partial charge in [-0.1, -0.05) is 30.3 Å². The number of aliphatic carboxylic acids is 1. The molecule has 0 radical (unpaired) electrons. The van der Waals surface area contributed by atoms with E-state index in [1.165, 1.54) is 23.9 Å². The number of rotatable bonds is 7. The van der Waals surface area contributed by atoms with Crippen molar-refractivity contribution in [2.24, 2.45) is 7.05 Å². The van der Waals surface area contributed by atoms with Crippen LogP contribution in [0.15, 0.2) is 53.5 Å². The fraction of sp³-hybridized carbons (Fsp3) is 0.240. The van der Waals surface area contributed by atoms with Gasteiger partial charge in [0.05, 0.1) is 19.6 Å². The zero-order valence-corrected chi connectivity index (χ0v) is 19.4. The van der Waals surface area contributed by atoms with E-state index in [9.17, 15) is 24.6 Å². The molecule has 3 aromatic rings. The van der Waals surface area contributed by atoms with Crippen molar-refractivity contribution in [3.63, 3.8) is 0 Å². The number of carboxylic acids is 1. The smallest absolute Gasteiger partial charge is 0.319 e. The summed E-state index contributed by atoms with van der Waals surface area (Å²) in [7, 11) is 3.04. The van der Waals surface area contributed by atoms with Crippen LogP contribution >= 0.6 is 0 Å². The lowest BCUT2D eigenvalue weighted by Gasteiger charge is -2.23. The number of urea groups is 1. The second-order valence-electron chi connectivity index (χ2n) is 7.91. The molecule has 4 N–H and O–H groups in total. The molecule has 0 spiro atoms. The minimum atomic E-state index is -1.11. The molecule has 1 heterocycles. The van der Waals surface area contributed by atoms with Crippen molar-refractivity contribution in [3.8, 4) is 22.6 Å². The third kappa shape index (κ3) is 5.03. The SMILES string of the molecule is COc1ccc([C@H](CC(=O)O)NC(=O)Nc2c(O)ccn(C)c2=O)c(C)c1-c1ccccc1C. The van der Waals surface area contributed by atoms with Crippen LogP contribution in [0.5, 0.6) is 11.5 Å². The first kappa shape index (κ1) is 24.4. The molecule has 0 bridgehead atoms. The lowest BCUT2D eigenvalue weighted by molar-refractivity contribution is -0.137. The Kier molecular flexibility index (Phi) is 7.25. The minimum absolute atomic E-state index is 0.302. The number of nitrogens with zero attached hydrogens (tertiary/aromatic N) is 1. The van der Waals surface area contributed by atoms with E-state index >= 15 is 0 Å². The van der Waals surface area contributed by atoms with Gasteiger partial charge in [0.25, 0.3) is 5.56 Å². The van der Waals surface area contributed by atoms with Gasteiger partial charge in [-0.2, -0.15) is 0 Å². The summed E-state index contributed by atoms with van der Waals surface area (Å²) in [4.78, 5) is 36.6. The van der Waals surface area contributed by atoms with Crippen molar-refractivity contribution in [2.75, 3.05) is 12.4 Å². The first-order chi connectivity index (χ1) is 16.1. The second kappa shape index (κ2) is 10.1. The van der Waals surface area contributed by atoms with Crippen LogP contribution in [-0.2, 0) is 11.8 Å². The molecule has 2 aromatic carbocycles. The van der Waals surface area contributed by atoms with E-state index in [1.54, 1.807) is 19.2 Å². The number of aromatic hydroxyl groups is 1. The quantitative estimate of drug-likeness (QED) is 0.421. The summed E-state index contributed by atoms with van der Waals surface area (Å²) >= 11 is 0. The van der Waals surface area contributed by atoms with Gasteiger partial charge >= 0.3 is 12.0 Å². The zero-order chi connectivity index (χ0) is 25.0. The van der Waals surface area contributed by atoms with Crippen molar-refractivity contribution in [1.29, 1.82) is 0 Å². The van der Waals surface area contributed by atoms with E-state index in [0.29, 0.717) is 11.3 Å². The highest BCUT2D eigenvalue weighted by atomic mass is 16.5. The molecule has 9 heteroatoms. The molecule has 178 valence electrons. The van der Waals surface area contributed by atoms with Gasteiger partial charge in [0, 0.05) is 18.8 Å². The number of aromatic nitrogens is 1. The average Bonchev–Trinajstić information content (AvgIpc) is 2.79. The second-order valence-corrected chi connectivity index (χ2v) is 7.91. The average molecular weight is 466 g/mol. The number of amides is 2. The number of pyridine rings is 1. The molecule has 9 nitrogen and oxygen atoms in total. The third-order valence-electron chi connectivity index (χ3n) is 5.65.